The van der Waals surface area contributed by atoms with Crippen molar-refractivity contribution in [3.8, 4) is 11.5 Å². The third-order valence-corrected chi connectivity index (χ3v) is 3.20. The van der Waals surface area contributed by atoms with Crippen molar-refractivity contribution in [2.24, 2.45) is 7.05 Å². The first kappa shape index (κ1) is 14.9. The van der Waals surface area contributed by atoms with E-state index < -0.39 is 5.91 Å². The summed E-state index contributed by atoms with van der Waals surface area (Å²) in [6, 6.07) is 5.07. The summed E-state index contributed by atoms with van der Waals surface area (Å²) >= 11 is 0. The van der Waals surface area contributed by atoms with E-state index in [1.165, 1.54) is 0 Å². The molecule has 0 spiro atoms. The monoisotopic (exact) mass is 312 g/mol. The Kier molecular flexibility index (Phi) is 3.88. The van der Waals surface area contributed by atoms with Crippen molar-refractivity contribution in [3.05, 3.63) is 41.6 Å². The minimum Gasteiger partial charge on any atom is -0.354 e. The lowest BCUT2D eigenvalue weighted by molar-refractivity contribution is 0.101. The van der Waals surface area contributed by atoms with Gasteiger partial charge in [-0.3, -0.25) is 9.48 Å². The van der Waals surface area contributed by atoms with Crippen LogP contribution in [0.4, 0.5) is 5.82 Å². The molecule has 0 aliphatic carbocycles. The Morgan fingerprint density at radius 3 is 2.87 bits per heavy atom. The summed E-state index contributed by atoms with van der Waals surface area (Å²) in [5.74, 6) is 1.09. The number of carbonyl (C=O) groups excluding carboxylic acids is 1. The molecule has 0 saturated heterocycles. The number of anilines is 1. The second kappa shape index (κ2) is 5.99. The van der Waals surface area contributed by atoms with Crippen LogP contribution in [-0.2, 0) is 13.5 Å². The number of amides is 1. The molecule has 3 heterocycles. The van der Waals surface area contributed by atoms with Gasteiger partial charge in [-0.05, 0) is 19.4 Å². The fourth-order valence-electron chi connectivity index (χ4n) is 2.10. The van der Waals surface area contributed by atoms with Gasteiger partial charge in [-0.2, -0.15) is 5.10 Å². The van der Waals surface area contributed by atoms with E-state index in [2.05, 4.69) is 25.5 Å². The zero-order valence-electron chi connectivity index (χ0n) is 13.1. The fourth-order valence-corrected chi connectivity index (χ4v) is 2.10. The third kappa shape index (κ3) is 3.25. The summed E-state index contributed by atoms with van der Waals surface area (Å²) in [7, 11) is 1.80. The molecule has 0 bridgehead atoms. The van der Waals surface area contributed by atoms with E-state index in [9.17, 15) is 4.79 Å². The van der Waals surface area contributed by atoms with Gasteiger partial charge in [0.15, 0.2) is 11.5 Å². The van der Waals surface area contributed by atoms with E-state index >= 15 is 0 Å². The van der Waals surface area contributed by atoms with Crippen LogP contribution in [0.5, 0.6) is 0 Å². The van der Waals surface area contributed by atoms with E-state index in [0.29, 0.717) is 23.1 Å². The van der Waals surface area contributed by atoms with E-state index in [0.717, 1.165) is 12.1 Å². The molecule has 0 aliphatic rings. The lowest BCUT2D eigenvalue weighted by Crippen LogP contribution is -2.14. The maximum atomic E-state index is 12.3. The minimum atomic E-state index is -0.393. The summed E-state index contributed by atoms with van der Waals surface area (Å²) < 4.78 is 6.82. The summed E-state index contributed by atoms with van der Waals surface area (Å²) in [4.78, 5) is 20.7. The first-order valence-electron chi connectivity index (χ1n) is 7.18. The number of nitrogens with zero attached hydrogens (tertiary/aromatic N) is 5. The van der Waals surface area contributed by atoms with Gasteiger partial charge in [0.25, 0.3) is 5.91 Å². The highest BCUT2D eigenvalue weighted by molar-refractivity contribution is 6.02. The minimum absolute atomic E-state index is 0.167. The van der Waals surface area contributed by atoms with Crippen LogP contribution in [0.25, 0.3) is 11.5 Å². The second-order valence-electron chi connectivity index (χ2n) is 5.05. The molecule has 0 saturated carbocycles. The van der Waals surface area contributed by atoms with Crippen LogP contribution >= 0.6 is 0 Å². The lowest BCUT2D eigenvalue weighted by atomic mass is 10.3. The average molecular weight is 312 g/mol. The van der Waals surface area contributed by atoms with Gasteiger partial charge in [0.1, 0.15) is 17.3 Å². The van der Waals surface area contributed by atoms with Crippen LogP contribution in [0.1, 0.15) is 28.9 Å². The predicted octanol–water partition coefficient (Wildman–Crippen LogP) is 1.99. The normalized spacial score (nSPS) is 10.7. The first-order valence-corrected chi connectivity index (χ1v) is 7.18. The molecule has 8 heteroatoms. The van der Waals surface area contributed by atoms with Gasteiger partial charge >= 0.3 is 0 Å². The van der Waals surface area contributed by atoms with Gasteiger partial charge in [0.05, 0.1) is 0 Å². The van der Waals surface area contributed by atoms with Crippen LogP contribution in [0, 0.1) is 6.92 Å². The summed E-state index contributed by atoms with van der Waals surface area (Å²) in [5.41, 5.74) is 1.65. The molecule has 0 aliphatic heterocycles. The van der Waals surface area contributed by atoms with Crippen molar-refractivity contribution >= 4 is 11.7 Å². The van der Waals surface area contributed by atoms with Crippen molar-refractivity contribution in [2.75, 3.05) is 5.32 Å². The van der Waals surface area contributed by atoms with Gasteiger partial charge in [0, 0.05) is 31.1 Å². The maximum absolute atomic E-state index is 12.3. The van der Waals surface area contributed by atoms with Crippen LogP contribution < -0.4 is 5.32 Å². The zero-order chi connectivity index (χ0) is 16.4. The van der Waals surface area contributed by atoms with E-state index in [-0.39, 0.29) is 5.69 Å². The topological polar surface area (TPSA) is 98.7 Å². The maximum Gasteiger partial charge on any atom is 0.279 e. The Balaban J connectivity index is 1.79. The molecule has 8 nitrogen and oxygen atoms in total. The molecule has 0 aromatic carbocycles. The first-order chi connectivity index (χ1) is 11.0. The number of carbonyl (C=O) groups is 1. The number of aryl methyl sites for hydroxylation is 3. The third-order valence-electron chi connectivity index (χ3n) is 3.20. The lowest BCUT2D eigenvalue weighted by Gasteiger charge is -2.05. The van der Waals surface area contributed by atoms with Gasteiger partial charge < -0.3 is 9.84 Å². The Labute approximate surface area is 132 Å². The number of rotatable bonds is 4. The van der Waals surface area contributed by atoms with Crippen LogP contribution in [0.2, 0.25) is 0 Å². The molecule has 3 aromatic heterocycles. The molecule has 0 radical (unpaired) electrons. The number of nitrogens with one attached hydrogen (secondary N) is 1. The number of hydrogen-bond donors (Lipinski definition) is 1. The van der Waals surface area contributed by atoms with Gasteiger partial charge in [-0.1, -0.05) is 12.1 Å². The van der Waals surface area contributed by atoms with E-state index in [1.54, 1.807) is 43.0 Å². The SMILES string of the molecule is CCc1cc(NC(=O)c2cc(-c3ccn(C)n3)on2)nc(C)n1. The Morgan fingerprint density at radius 1 is 1.35 bits per heavy atom. The summed E-state index contributed by atoms with van der Waals surface area (Å²) in [5, 5.41) is 10.7. The van der Waals surface area contributed by atoms with E-state index in [1.807, 2.05) is 6.92 Å². The summed E-state index contributed by atoms with van der Waals surface area (Å²) in [6.45, 7) is 3.77. The molecule has 0 fully saturated rings. The van der Waals surface area contributed by atoms with Gasteiger partial charge in [-0.25, -0.2) is 9.97 Å². The predicted molar refractivity (Wildman–Crippen MR) is 82.8 cm³/mol. The quantitative estimate of drug-likeness (QED) is 0.791. The van der Waals surface area contributed by atoms with E-state index in [4.69, 9.17) is 4.52 Å². The Hall–Kier alpha value is -3.03. The molecule has 1 amide bonds. The van der Waals surface area contributed by atoms with Crippen molar-refractivity contribution in [2.45, 2.75) is 20.3 Å². The molecular formula is C15H16N6O2. The molecule has 118 valence electrons. The van der Waals surface area contributed by atoms with Crippen molar-refractivity contribution in [1.82, 2.24) is 24.9 Å². The molecule has 0 unspecified atom stereocenters. The summed E-state index contributed by atoms with van der Waals surface area (Å²) in [6.07, 6.45) is 2.55. The Morgan fingerprint density at radius 2 is 2.17 bits per heavy atom. The highest BCUT2D eigenvalue weighted by Gasteiger charge is 2.16. The fraction of sp³-hybridized carbons (Fsp3) is 0.267. The molecular weight excluding hydrogens is 296 g/mol. The molecule has 23 heavy (non-hydrogen) atoms. The van der Waals surface area contributed by atoms with Gasteiger partial charge in [-0.15, -0.1) is 0 Å². The number of hydrogen-bond acceptors (Lipinski definition) is 6. The average Bonchev–Trinajstić information content (AvgIpc) is 3.15. The molecule has 3 aromatic rings. The second-order valence-corrected chi connectivity index (χ2v) is 5.05. The standard InChI is InChI=1S/C15H16N6O2/c1-4-10-7-14(17-9(2)16-10)18-15(22)12-8-13(23-20-12)11-5-6-21(3)19-11/h5-8H,4H2,1-3H3,(H,16,17,18,22). The smallest absolute Gasteiger partial charge is 0.279 e. The highest BCUT2D eigenvalue weighted by atomic mass is 16.5. The van der Waals surface area contributed by atoms with Crippen LogP contribution in [0.15, 0.2) is 28.9 Å². The van der Waals surface area contributed by atoms with Crippen LogP contribution in [0.3, 0.4) is 0 Å². The van der Waals surface area contributed by atoms with Crippen molar-refractivity contribution in [3.63, 3.8) is 0 Å². The zero-order valence-corrected chi connectivity index (χ0v) is 13.1. The van der Waals surface area contributed by atoms with Crippen molar-refractivity contribution in [1.29, 1.82) is 0 Å². The van der Waals surface area contributed by atoms with Gasteiger partial charge in [0.2, 0.25) is 0 Å². The Bertz CT molecular complexity index is 851. The number of aromatic nitrogens is 5. The molecule has 0 atom stereocenters. The highest BCUT2D eigenvalue weighted by Crippen LogP contribution is 2.18. The van der Waals surface area contributed by atoms with Crippen LogP contribution in [-0.4, -0.2) is 30.8 Å². The molecule has 3 rings (SSSR count). The van der Waals surface area contributed by atoms with Crippen molar-refractivity contribution < 1.29 is 9.32 Å². The largest absolute Gasteiger partial charge is 0.354 e. The molecule has 1 N–H and O–H groups in total.